The number of nitrogens with two attached hydrogens (primary N) is 1. The highest BCUT2D eigenvalue weighted by atomic mass is 16.5. The van der Waals surface area contributed by atoms with Crippen LogP contribution in [0.1, 0.15) is 6.92 Å². The molecule has 0 aliphatic rings. The van der Waals surface area contributed by atoms with Crippen LogP contribution in [0.25, 0.3) is 0 Å². The average molecular weight is 132 g/mol. The summed E-state index contributed by atoms with van der Waals surface area (Å²) in [6.07, 6.45) is 0. The van der Waals surface area contributed by atoms with Gasteiger partial charge in [-0.1, -0.05) is 0 Å². The Balaban J connectivity index is 3.28. The molecule has 0 fully saturated rings. The van der Waals surface area contributed by atoms with Gasteiger partial charge in [-0.3, -0.25) is 9.80 Å². The van der Waals surface area contributed by atoms with Crippen molar-refractivity contribution in [3.05, 3.63) is 0 Å². The van der Waals surface area contributed by atoms with Gasteiger partial charge in [0.15, 0.2) is 0 Å². The van der Waals surface area contributed by atoms with Gasteiger partial charge in [0.1, 0.15) is 6.61 Å². The highest BCUT2D eigenvalue weighted by Crippen LogP contribution is 1.77. The predicted octanol–water partition coefficient (Wildman–Crippen LogP) is -0.645. The lowest BCUT2D eigenvalue weighted by molar-refractivity contribution is -0.134. The Bertz CT molecular complexity index is 93.0. The molecule has 2 N–H and O–H groups in total. The second-order valence-electron chi connectivity index (χ2n) is 1.64. The van der Waals surface area contributed by atoms with Crippen molar-refractivity contribution >= 4 is 5.91 Å². The molecule has 0 aromatic rings. The standard InChI is InChI=1S/C5H12N2O2/c1-3-9-4-5(8)7(2)6/h3-4,6H2,1-2H3. The van der Waals surface area contributed by atoms with Gasteiger partial charge in [0.05, 0.1) is 0 Å². The van der Waals surface area contributed by atoms with Gasteiger partial charge in [-0.15, -0.1) is 0 Å². The fraction of sp³-hybridized carbons (Fsp3) is 0.800. The minimum absolute atomic E-state index is 0.0729. The summed E-state index contributed by atoms with van der Waals surface area (Å²) >= 11 is 0. The molecule has 0 atom stereocenters. The summed E-state index contributed by atoms with van der Waals surface area (Å²) in [7, 11) is 1.49. The maximum absolute atomic E-state index is 10.6. The Labute approximate surface area is 54.5 Å². The lowest BCUT2D eigenvalue weighted by atomic mass is 10.6. The fourth-order valence-electron chi connectivity index (χ4n) is 0.291. The number of nitrogens with zero attached hydrogens (tertiary/aromatic N) is 1. The average Bonchev–Trinajstić information content (AvgIpc) is 1.82. The van der Waals surface area contributed by atoms with Crippen LogP contribution in [0, 0.1) is 0 Å². The number of carbonyl (C=O) groups excluding carboxylic acids is 1. The molecule has 4 nitrogen and oxygen atoms in total. The Hall–Kier alpha value is -0.610. The first kappa shape index (κ1) is 8.39. The molecule has 1 amide bonds. The van der Waals surface area contributed by atoms with E-state index in [0.29, 0.717) is 6.61 Å². The SMILES string of the molecule is CCOCC(=O)N(C)N. The zero-order chi connectivity index (χ0) is 7.28. The van der Waals surface area contributed by atoms with Crippen LogP contribution in [-0.2, 0) is 9.53 Å². The zero-order valence-corrected chi connectivity index (χ0v) is 5.76. The lowest BCUT2D eigenvalue weighted by Crippen LogP contribution is -2.35. The molecule has 0 radical (unpaired) electrons. The molecule has 0 aromatic carbocycles. The summed E-state index contributed by atoms with van der Waals surface area (Å²) < 4.78 is 4.79. The predicted molar refractivity (Wildman–Crippen MR) is 33.5 cm³/mol. The summed E-state index contributed by atoms with van der Waals surface area (Å²) in [6.45, 7) is 2.44. The van der Waals surface area contributed by atoms with Crippen molar-refractivity contribution in [2.75, 3.05) is 20.3 Å². The van der Waals surface area contributed by atoms with Gasteiger partial charge in [-0.05, 0) is 6.92 Å². The zero-order valence-electron chi connectivity index (χ0n) is 5.76. The van der Waals surface area contributed by atoms with Gasteiger partial charge in [-0.2, -0.15) is 0 Å². The quantitative estimate of drug-likeness (QED) is 0.315. The lowest BCUT2D eigenvalue weighted by Gasteiger charge is -2.08. The fourth-order valence-corrected chi connectivity index (χ4v) is 0.291. The Morgan fingerprint density at radius 1 is 1.78 bits per heavy atom. The van der Waals surface area contributed by atoms with Gasteiger partial charge >= 0.3 is 0 Å². The Kier molecular flexibility index (Phi) is 4.00. The summed E-state index contributed by atoms with van der Waals surface area (Å²) in [5.74, 6) is 4.87. The number of hydrazine groups is 1. The van der Waals surface area contributed by atoms with Crippen LogP contribution < -0.4 is 5.84 Å². The molecular formula is C5H12N2O2. The first-order valence-electron chi connectivity index (χ1n) is 2.77. The maximum Gasteiger partial charge on any atom is 0.262 e. The van der Waals surface area contributed by atoms with Crippen molar-refractivity contribution in [2.24, 2.45) is 5.84 Å². The maximum atomic E-state index is 10.6. The van der Waals surface area contributed by atoms with E-state index in [4.69, 9.17) is 10.6 Å². The smallest absolute Gasteiger partial charge is 0.262 e. The van der Waals surface area contributed by atoms with Crippen LogP contribution >= 0.6 is 0 Å². The van der Waals surface area contributed by atoms with Gasteiger partial charge in [-0.25, -0.2) is 5.84 Å². The number of amides is 1. The van der Waals surface area contributed by atoms with Gasteiger partial charge in [0, 0.05) is 13.7 Å². The van der Waals surface area contributed by atoms with E-state index < -0.39 is 0 Å². The summed E-state index contributed by atoms with van der Waals surface area (Å²) in [5, 5.41) is 1.01. The monoisotopic (exact) mass is 132 g/mol. The Morgan fingerprint density at radius 3 is 2.67 bits per heavy atom. The third kappa shape index (κ3) is 3.93. The molecule has 0 bridgehead atoms. The molecule has 0 heterocycles. The van der Waals surface area contributed by atoms with Crippen molar-refractivity contribution in [2.45, 2.75) is 6.92 Å². The first-order valence-corrected chi connectivity index (χ1v) is 2.77. The molecule has 0 unspecified atom stereocenters. The minimum atomic E-state index is -0.211. The summed E-state index contributed by atoms with van der Waals surface area (Å²) in [4.78, 5) is 10.6. The molecule has 0 aliphatic carbocycles. The molecule has 0 spiro atoms. The van der Waals surface area contributed by atoms with E-state index in [1.165, 1.54) is 7.05 Å². The van der Waals surface area contributed by atoms with Gasteiger partial charge in [0.2, 0.25) is 0 Å². The highest BCUT2D eigenvalue weighted by Gasteiger charge is 2.01. The molecule has 0 saturated heterocycles. The van der Waals surface area contributed by atoms with Crippen LogP contribution in [0.2, 0.25) is 0 Å². The van der Waals surface area contributed by atoms with Gasteiger partial charge < -0.3 is 4.74 Å². The normalized spacial score (nSPS) is 9.22. The molecule has 9 heavy (non-hydrogen) atoms. The number of hydrogen-bond acceptors (Lipinski definition) is 3. The van der Waals surface area contributed by atoms with Crippen LogP contribution in [0.4, 0.5) is 0 Å². The molecule has 4 heteroatoms. The largest absolute Gasteiger partial charge is 0.372 e. The third-order valence-corrected chi connectivity index (χ3v) is 0.823. The molecule has 0 aliphatic heterocycles. The van der Waals surface area contributed by atoms with E-state index in [1.54, 1.807) is 0 Å². The van der Waals surface area contributed by atoms with E-state index in [1.807, 2.05) is 6.92 Å². The van der Waals surface area contributed by atoms with Crippen molar-refractivity contribution in [1.82, 2.24) is 5.01 Å². The third-order valence-electron chi connectivity index (χ3n) is 0.823. The molecule has 0 aromatic heterocycles. The molecule has 54 valence electrons. The van der Waals surface area contributed by atoms with E-state index in [2.05, 4.69) is 0 Å². The second-order valence-corrected chi connectivity index (χ2v) is 1.64. The van der Waals surface area contributed by atoms with Crippen LogP contribution in [-0.4, -0.2) is 31.2 Å². The van der Waals surface area contributed by atoms with Crippen LogP contribution in [0.3, 0.4) is 0 Å². The minimum Gasteiger partial charge on any atom is -0.372 e. The van der Waals surface area contributed by atoms with Crippen molar-refractivity contribution in [1.29, 1.82) is 0 Å². The molecule has 0 saturated carbocycles. The highest BCUT2D eigenvalue weighted by molar-refractivity contribution is 5.76. The molecule has 0 rings (SSSR count). The number of rotatable bonds is 3. The van der Waals surface area contributed by atoms with Crippen molar-refractivity contribution < 1.29 is 9.53 Å². The number of ether oxygens (including phenoxy) is 1. The van der Waals surface area contributed by atoms with E-state index >= 15 is 0 Å². The molecular weight excluding hydrogens is 120 g/mol. The van der Waals surface area contributed by atoms with Crippen LogP contribution in [0.5, 0.6) is 0 Å². The summed E-state index contributed by atoms with van der Waals surface area (Å²) in [6, 6.07) is 0. The van der Waals surface area contributed by atoms with E-state index in [0.717, 1.165) is 5.01 Å². The number of hydrogen-bond donors (Lipinski definition) is 1. The summed E-state index contributed by atoms with van der Waals surface area (Å²) in [5.41, 5.74) is 0. The second kappa shape index (κ2) is 4.29. The Morgan fingerprint density at radius 2 is 2.33 bits per heavy atom. The first-order chi connectivity index (χ1) is 4.18. The van der Waals surface area contributed by atoms with E-state index in [-0.39, 0.29) is 12.5 Å². The van der Waals surface area contributed by atoms with Crippen LogP contribution in [0.15, 0.2) is 0 Å². The van der Waals surface area contributed by atoms with Gasteiger partial charge in [0.25, 0.3) is 5.91 Å². The van der Waals surface area contributed by atoms with Crippen molar-refractivity contribution in [3.63, 3.8) is 0 Å². The van der Waals surface area contributed by atoms with E-state index in [9.17, 15) is 4.79 Å². The topological polar surface area (TPSA) is 55.6 Å². The number of likely N-dealkylation sites (N-methyl/N-ethyl adjacent to an activating group) is 1. The van der Waals surface area contributed by atoms with Crippen molar-refractivity contribution in [3.8, 4) is 0 Å². The number of carbonyl (C=O) groups is 1.